The number of benzene rings is 2. The monoisotopic (exact) mass is 368 g/mol. The summed E-state index contributed by atoms with van der Waals surface area (Å²) < 4.78 is 20.0. The largest absolute Gasteiger partial charge is 0.487 e. The average Bonchev–Trinajstić information content (AvgIpc) is 2.73. The average molecular weight is 370 g/mol. The molecule has 2 aromatic rings. The Morgan fingerprint density at radius 1 is 1.29 bits per heavy atom. The molecule has 0 amide bonds. The number of halogens is 3. The minimum absolute atomic E-state index is 0.141. The van der Waals surface area contributed by atoms with E-state index in [1.807, 2.05) is 12.1 Å². The van der Waals surface area contributed by atoms with Crippen LogP contribution in [0.5, 0.6) is 5.75 Å². The van der Waals surface area contributed by atoms with E-state index in [1.165, 1.54) is 0 Å². The van der Waals surface area contributed by atoms with Gasteiger partial charge in [-0.25, -0.2) is 4.39 Å². The first-order valence-corrected chi connectivity index (χ1v) is 8.06. The van der Waals surface area contributed by atoms with E-state index in [4.69, 9.17) is 16.3 Å². The molecule has 4 heteroatoms. The Bertz CT molecular complexity index is 699. The third kappa shape index (κ3) is 2.82. The Morgan fingerprint density at radius 2 is 2.05 bits per heavy atom. The highest BCUT2D eigenvalue weighted by Crippen LogP contribution is 2.40. The molecule has 0 bridgehead atoms. The van der Waals surface area contributed by atoms with Gasteiger partial charge in [-0.15, -0.1) is 0 Å². The zero-order valence-corrected chi connectivity index (χ0v) is 14.1. The topological polar surface area (TPSA) is 9.23 Å². The van der Waals surface area contributed by atoms with Crippen LogP contribution >= 0.6 is 27.5 Å². The van der Waals surface area contributed by atoms with Crippen LogP contribution in [0.1, 0.15) is 35.4 Å². The highest BCUT2D eigenvalue weighted by molar-refractivity contribution is 9.09. The van der Waals surface area contributed by atoms with Crippen molar-refractivity contribution in [1.82, 2.24) is 0 Å². The Balaban J connectivity index is 1.97. The number of hydrogen-bond donors (Lipinski definition) is 0. The molecule has 0 fully saturated rings. The normalized spacial score (nSPS) is 17.2. The molecule has 1 unspecified atom stereocenters. The highest BCUT2D eigenvalue weighted by Gasteiger charge is 2.30. The third-order valence-corrected chi connectivity index (χ3v) is 4.95. The van der Waals surface area contributed by atoms with Crippen molar-refractivity contribution in [2.24, 2.45) is 0 Å². The molecule has 1 atom stereocenters. The van der Waals surface area contributed by atoms with Crippen LogP contribution in [0.4, 0.5) is 4.39 Å². The zero-order valence-electron chi connectivity index (χ0n) is 11.8. The van der Waals surface area contributed by atoms with E-state index in [9.17, 15) is 4.39 Å². The molecule has 1 aliphatic heterocycles. The van der Waals surface area contributed by atoms with Crippen LogP contribution in [0.3, 0.4) is 0 Å². The summed E-state index contributed by atoms with van der Waals surface area (Å²) in [4.78, 5) is -0.231. The second-order valence-electron chi connectivity index (χ2n) is 5.91. The van der Waals surface area contributed by atoms with Gasteiger partial charge in [-0.3, -0.25) is 0 Å². The maximum absolute atomic E-state index is 14.1. The van der Waals surface area contributed by atoms with Gasteiger partial charge < -0.3 is 4.74 Å². The van der Waals surface area contributed by atoms with Crippen LogP contribution in [-0.2, 0) is 6.42 Å². The predicted octanol–water partition coefficient (Wildman–Crippen LogP) is 5.68. The molecule has 3 rings (SSSR count). The van der Waals surface area contributed by atoms with Crippen LogP contribution in [0.2, 0.25) is 5.02 Å². The summed E-state index contributed by atoms with van der Waals surface area (Å²) in [5, 5.41) is 0.141. The smallest absolute Gasteiger partial charge is 0.146 e. The summed E-state index contributed by atoms with van der Waals surface area (Å²) in [7, 11) is 0. The number of alkyl halides is 1. The molecule has 1 nitrogen and oxygen atoms in total. The Hall–Kier alpha value is -1.06. The molecule has 2 aromatic carbocycles. The first-order chi connectivity index (χ1) is 9.87. The lowest BCUT2D eigenvalue weighted by Gasteiger charge is -2.16. The van der Waals surface area contributed by atoms with Crippen molar-refractivity contribution < 1.29 is 9.13 Å². The van der Waals surface area contributed by atoms with Crippen LogP contribution < -0.4 is 4.74 Å². The minimum atomic E-state index is -0.377. The molecule has 0 radical (unpaired) electrons. The lowest BCUT2D eigenvalue weighted by molar-refractivity contribution is 0.138. The van der Waals surface area contributed by atoms with E-state index in [1.54, 1.807) is 18.2 Å². The van der Waals surface area contributed by atoms with E-state index in [2.05, 4.69) is 35.8 Å². The second-order valence-corrected chi connectivity index (χ2v) is 7.23. The summed E-state index contributed by atoms with van der Waals surface area (Å²) >= 11 is 9.44. The summed E-state index contributed by atoms with van der Waals surface area (Å²) in [5.74, 6) is 0.535. The summed E-state index contributed by atoms with van der Waals surface area (Å²) in [5.41, 5.74) is 2.52. The second kappa shape index (κ2) is 5.29. The molecule has 0 aromatic heterocycles. The van der Waals surface area contributed by atoms with Gasteiger partial charge in [-0.1, -0.05) is 51.8 Å². The van der Waals surface area contributed by atoms with Gasteiger partial charge in [0.05, 0.1) is 9.85 Å². The lowest BCUT2D eigenvalue weighted by Crippen LogP contribution is -2.24. The van der Waals surface area contributed by atoms with Gasteiger partial charge in [0, 0.05) is 12.0 Å². The van der Waals surface area contributed by atoms with Gasteiger partial charge in [-0.05, 0) is 37.1 Å². The molecule has 0 aliphatic carbocycles. The molecular weight excluding hydrogens is 355 g/mol. The molecule has 0 saturated heterocycles. The Labute approximate surface area is 137 Å². The van der Waals surface area contributed by atoms with Crippen LogP contribution in [0, 0.1) is 5.82 Å². The summed E-state index contributed by atoms with van der Waals surface area (Å²) in [6.45, 7) is 4.13. The standard InChI is InChI=1S/C17H15BrClFO/c1-17(2)9-11-8-10(6-7-14(11)21-17)15(18)12-4-3-5-13(19)16(12)20/h3-8,15H,9H2,1-2H3. The molecule has 0 saturated carbocycles. The van der Waals surface area contributed by atoms with Gasteiger partial charge >= 0.3 is 0 Å². The fourth-order valence-corrected chi connectivity index (χ4v) is 3.50. The van der Waals surface area contributed by atoms with Gasteiger partial charge in [0.15, 0.2) is 0 Å². The molecule has 1 heterocycles. The Morgan fingerprint density at radius 3 is 2.81 bits per heavy atom. The number of ether oxygens (including phenoxy) is 1. The van der Waals surface area contributed by atoms with E-state index in [0.717, 1.165) is 23.3 Å². The van der Waals surface area contributed by atoms with Crippen molar-refractivity contribution in [3.63, 3.8) is 0 Å². The maximum Gasteiger partial charge on any atom is 0.146 e. The molecule has 21 heavy (non-hydrogen) atoms. The van der Waals surface area contributed by atoms with Crippen molar-refractivity contribution in [2.45, 2.75) is 30.7 Å². The summed E-state index contributed by atoms with van der Waals surface area (Å²) in [6, 6.07) is 11.0. The Kier molecular flexibility index (Phi) is 3.74. The van der Waals surface area contributed by atoms with Crippen molar-refractivity contribution in [3.05, 3.63) is 63.9 Å². The van der Waals surface area contributed by atoms with E-state index >= 15 is 0 Å². The van der Waals surface area contributed by atoms with Gasteiger partial charge in [0.1, 0.15) is 17.2 Å². The minimum Gasteiger partial charge on any atom is -0.487 e. The van der Waals surface area contributed by atoms with Crippen LogP contribution in [0.15, 0.2) is 36.4 Å². The predicted molar refractivity (Wildman–Crippen MR) is 87.0 cm³/mol. The quantitative estimate of drug-likeness (QED) is 0.619. The molecular formula is C17H15BrClFO. The number of fused-ring (bicyclic) bond motifs is 1. The first-order valence-electron chi connectivity index (χ1n) is 6.77. The number of hydrogen-bond acceptors (Lipinski definition) is 1. The molecule has 0 N–H and O–H groups in total. The zero-order chi connectivity index (χ0) is 15.2. The lowest BCUT2D eigenvalue weighted by atomic mass is 9.97. The van der Waals surface area contributed by atoms with Crippen molar-refractivity contribution in [2.75, 3.05) is 0 Å². The SMILES string of the molecule is CC1(C)Cc2cc(C(Br)c3cccc(Cl)c3F)ccc2O1. The maximum atomic E-state index is 14.1. The van der Waals surface area contributed by atoms with Gasteiger partial charge in [0.25, 0.3) is 0 Å². The summed E-state index contributed by atoms with van der Waals surface area (Å²) in [6.07, 6.45) is 0.855. The van der Waals surface area contributed by atoms with E-state index in [0.29, 0.717) is 5.56 Å². The third-order valence-electron chi connectivity index (χ3n) is 3.63. The highest BCUT2D eigenvalue weighted by atomic mass is 79.9. The molecule has 110 valence electrons. The van der Waals surface area contributed by atoms with Crippen molar-refractivity contribution in [1.29, 1.82) is 0 Å². The number of rotatable bonds is 2. The fraction of sp³-hybridized carbons (Fsp3) is 0.294. The van der Waals surface area contributed by atoms with Crippen LogP contribution in [0.25, 0.3) is 0 Å². The molecule has 0 spiro atoms. The molecule has 1 aliphatic rings. The van der Waals surface area contributed by atoms with Crippen molar-refractivity contribution >= 4 is 27.5 Å². The first kappa shape index (κ1) is 14.9. The van der Waals surface area contributed by atoms with E-state index in [-0.39, 0.29) is 21.3 Å². The van der Waals surface area contributed by atoms with Gasteiger partial charge in [0.2, 0.25) is 0 Å². The van der Waals surface area contributed by atoms with Crippen LogP contribution in [-0.4, -0.2) is 5.60 Å². The van der Waals surface area contributed by atoms with Gasteiger partial charge in [-0.2, -0.15) is 0 Å². The van der Waals surface area contributed by atoms with E-state index < -0.39 is 0 Å². The fourth-order valence-electron chi connectivity index (χ4n) is 2.68. The van der Waals surface area contributed by atoms with Crippen molar-refractivity contribution in [3.8, 4) is 5.75 Å².